The van der Waals surface area contributed by atoms with Gasteiger partial charge in [0.1, 0.15) is 0 Å². The highest BCUT2D eigenvalue weighted by Gasteiger charge is 2.30. The molecule has 1 aromatic carbocycles. The molecule has 2 aromatic rings. The third-order valence-electron chi connectivity index (χ3n) is 4.74. The van der Waals surface area contributed by atoms with E-state index in [0.29, 0.717) is 13.0 Å². The number of aliphatic hydroxyl groups is 1. The van der Waals surface area contributed by atoms with Crippen LogP contribution < -0.4 is 5.32 Å². The van der Waals surface area contributed by atoms with Crippen LogP contribution in [0.25, 0.3) is 0 Å². The zero-order chi connectivity index (χ0) is 16.8. The minimum Gasteiger partial charge on any atom is -0.396 e. The number of nitrogens with zero attached hydrogens (tertiary/aromatic N) is 1. The van der Waals surface area contributed by atoms with Gasteiger partial charge in [-0.25, -0.2) is 4.79 Å². The first-order valence-electron chi connectivity index (χ1n) is 8.63. The minimum atomic E-state index is -0.0222. The highest BCUT2D eigenvalue weighted by molar-refractivity contribution is 5.75. The standard InChI is InChI=1S/C19H25N3O2/c23-13-10-16(15-6-2-1-3-7-15)14-21-19(24)22-12-5-9-18(22)17-8-4-11-20-17/h1-4,6-8,11,16,18,20,23H,5,9-10,12-14H2,(H,21,24). The molecule has 0 saturated carbocycles. The lowest BCUT2D eigenvalue weighted by atomic mass is 9.96. The Kier molecular flexibility index (Phi) is 5.54. The third-order valence-corrected chi connectivity index (χ3v) is 4.74. The molecule has 1 saturated heterocycles. The van der Waals surface area contributed by atoms with Crippen molar-refractivity contribution in [3.8, 4) is 0 Å². The molecule has 1 fully saturated rings. The predicted molar refractivity (Wildman–Crippen MR) is 93.8 cm³/mol. The summed E-state index contributed by atoms with van der Waals surface area (Å²) in [5, 5.41) is 12.4. The van der Waals surface area contributed by atoms with Crippen LogP contribution in [0.1, 0.15) is 42.5 Å². The fraction of sp³-hybridized carbons (Fsp3) is 0.421. The molecule has 3 rings (SSSR count). The number of urea groups is 1. The maximum atomic E-state index is 12.6. The summed E-state index contributed by atoms with van der Waals surface area (Å²) in [6, 6.07) is 14.2. The molecule has 3 N–H and O–H groups in total. The summed E-state index contributed by atoms with van der Waals surface area (Å²) in [6.45, 7) is 1.44. The van der Waals surface area contributed by atoms with E-state index < -0.39 is 0 Å². The Hall–Kier alpha value is -2.27. The van der Waals surface area contributed by atoms with E-state index in [0.717, 1.165) is 30.6 Å². The van der Waals surface area contributed by atoms with Crippen molar-refractivity contribution in [2.24, 2.45) is 0 Å². The largest absolute Gasteiger partial charge is 0.396 e. The van der Waals surface area contributed by atoms with Gasteiger partial charge < -0.3 is 20.3 Å². The Morgan fingerprint density at radius 2 is 2.12 bits per heavy atom. The normalized spacial score (nSPS) is 18.5. The third kappa shape index (κ3) is 3.79. The molecule has 24 heavy (non-hydrogen) atoms. The van der Waals surface area contributed by atoms with Gasteiger partial charge in [-0.15, -0.1) is 0 Å². The number of H-pyrrole nitrogens is 1. The summed E-state index contributed by atoms with van der Waals surface area (Å²) in [5.41, 5.74) is 2.24. The van der Waals surface area contributed by atoms with Crippen molar-refractivity contribution in [2.75, 3.05) is 19.7 Å². The van der Waals surface area contributed by atoms with E-state index in [4.69, 9.17) is 0 Å². The highest BCUT2D eigenvalue weighted by atomic mass is 16.3. The number of amides is 2. The van der Waals surface area contributed by atoms with Crippen molar-refractivity contribution in [3.05, 3.63) is 59.9 Å². The average molecular weight is 327 g/mol. The number of carbonyl (C=O) groups is 1. The van der Waals surface area contributed by atoms with Crippen molar-refractivity contribution < 1.29 is 9.90 Å². The molecule has 2 heterocycles. The number of rotatable bonds is 6. The van der Waals surface area contributed by atoms with E-state index in [2.05, 4.69) is 10.3 Å². The summed E-state index contributed by atoms with van der Waals surface area (Å²) in [4.78, 5) is 17.8. The Morgan fingerprint density at radius 1 is 1.29 bits per heavy atom. The fourth-order valence-electron chi connectivity index (χ4n) is 3.46. The van der Waals surface area contributed by atoms with E-state index in [9.17, 15) is 9.90 Å². The zero-order valence-electron chi connectivity index (χ0n) is 13.8. The first kappa shape index (κ1) is 16.6. The Balaban J connectivity index is 1.61. The van der Waals surface area contributed by atoms with Crippen LogP contribution in [0.3, 0.4) is 0 Å². The van der Waals surface area contributed by atoms with Crippen molar-refractivity contribution in [1.82, 2.24) is 15.2 Å². The van der Waals surface area contributed by atoms with Crippen LogP contribution in [-0.2, 0) is 0 Å². The molecule has 2 atom stereocenters. The Labute approximate surface area is 142 Å². The van der Waals surface area contributed by atoms with Gasteiger partial charge in [0, 0.05) is 37.5 Å². The molecule has 128 valence electrons. The van der Waals surface area contributed by atoms with E-state index in [-0.39, 0.29) is 24.6 Å². The van der Waals surface area contributed by atoms with Gasteiger partial charge in [0.15, 0.2) is 0 Å². The van der Waals surface area contributed by atoms with Gasteiger partial charge in [0.05, 0.1) is 6.04 Å². The number of aliphatic hydroxyl groups excluding tert-OH is 1. The number of nitrogens with one attached hydrogen (secondary N) is 2. The summed E-state index contributed by atoms with van der Waals surface area (Å²) in [6.07, 6.45) is 4.56. The van der Waals surface area contributed by atoms with Crippen LogP contribution in [0.5, 0.6) is 0 Å². The molecular weight excluding hydrogens is 302 g/mol. The SMILES string of the molecule is O=C(NCC(CCO)c1ccccc1)N1CCCC1c1ccc[nH]1. The Bertz CT molecular complexity index is 627. The number of aromatic nitrogens is 1. The molecule has 5 heteroatoms. The summed E-state index contributed by atoms with van der Waals surface area (Å²) < 4.78 is 0. The smallest absolute Gasteiger partial charge is 0.317 e. The van der Waals surface area contributed by atoms with E-state index in [1.165, 1.54) is 0 Å². The lowest BCUT2D eigenvalue weighted by Gasteiger charge is -2.26. The maximum Gasteiger partial charge on any atom is 0.317 e. The summed E-state index contributed by atoms with van der Waals surface area (Å²) in [5.74, 6) is 0.131. The van der Waals surface area contributed by atoms with Crippen LogP contribution in [-0.4, -0.2) is 40.7 Å². The van der Waals surface area contributed by atoms with Crippen LogP contribution in [0.4, 0.5) is 4.79 Å². The second kappa shape index (κ2) is 8.02. The molecule has 0 spiro atoms. The van der Waals surface area contributed by atoms with Crippen LogP contribution in [0.15, 0.2) is 48.7 Å². The highest BCUT2D eigenvalue weighted by Crippen LogP contribution is 2.30. The maximum absolute atomic E-state index is 12.6. The van der Waals surface area contributed by atoms with Crippen LogP contribution >= 0.6 is 0 Å². The molecule has 0 bridgehead atoms. The monoisotopic (exact) mass is 327 g/mol. The average Bonchev–Trinajstić information content (AvgIpc) is 3.29. The number of hydrogen-bond donors (Lipinski definition) is 3. The molecule has 2 amide bonds. The van der Waals surface area contributed by atoms with Gasteiger partial charge in [-0.1, -0.05) is 30.3 Å². The van der Waals surface area contributed by atoms with Crippen molar-refractivity contribution in [3.63, 3.8) is 0 Å². The number of likely N-dealkylation sites (tertiary alicyclic amines) is 1. The number of carbonyl (C=O) groups excluding carboxylic acids is 1. The first-order chi connectivity index (χ1) is 11.8. The molecule has 5 nitrogen and oxygen atoms in total. The van der Waals surface area contributed by atoms with Crippen molar-refractivity contribution >= 4 is 6.03 Å². The predicted octanol–water partition coefficient (Wildman–Crippen LogP) is 3.03. The molecule has 1 aliphatic rings. The van der Waals surface area contributed by atoms with Gasteiger partial charge in [0.2, 0.25) is 0 Å². The molecule has 0 aliphatic carbocycles. The zero-order valence-corrected chi connectivity index (χ0v) is 13.8. The van der Waals surface area contributed by atoms with Crippen molar-refractivity contribution in [1.29, 1.82) is 0 Å². The fourth-order valence-corrected chi connectivity index (χ4v) is 3.46. The number of hydrogen-bond acceptors (Lipinski definition) is 2. The van der Waals surface area contributed by atoms with Gasteiger partial charge in [-0.2, -0.15) is 0 Å². The van der Waals surface area contributed by atoms with Gasteiger partial charge in [-0.3, -0.25) is 0 Å². The van der Waals surface area contributed by atoms with E-state index >= 15 is 0 Å². The molecular formula is C19H25N3O2. The number of benzene rings is 1. The topological polar surface area (TPSA) is 68.4 Å². The summed E-state index contributed by atoms with van der Waals surface area (Å²) >= 11 is 0. The molecule has 0 radical (unpaired) electrons. The lowest BCUT2D eigenvalue weighted by molar-refractivity contribution is 0.190. The second-order valence-corrected chi connectivity index (χ2v) is 6.28. The van der Waals surface area contributed by atoms with E-state index in [1.807, 2.05) is 53.6 Å². The molecule has 1 aliphatic heterocycles. The molecule has 2 unspecified atom stereocenters. The first-order valence-corrected chi connectivity index (χ1v) is 8.63. The minimum absolute atomic E-state index is 0.0222. The second-order valence-electron chi connectivity index (χ2n) is 6.28. The van der Waals surface area contributed by atoms with Gasteiger partial charge in [-0.05, 0) is 37.0 Å². The van der Waals surface area contributed by atoms with Crippen LogP contribution in [0, 0.1) is 0 Å². The van der Waals surface area contributed by atoms with Gasteiger partial charge >= 0.3 is 6.03 Å². The quantitative estimate of drug-likeness (QED) is 0.763. The van der Waals surface area contributed by atoms with E-state index in [1.54, 1.807) is 0 Å². The van der Waals surface area contributed by atoms with Crippen LogP contribution in [0.2, 0.25) is 0 Å². The summed E-state index contributed by atoms with van der Waals surface area (Å²) in [7, 11) is 0. The van der Waals surface area contributed by atoms with Crippen molar-refractivity contribution in [2.45, 2.75) is 31.2 Å². The molecule has 1 aromatic heterocycles. The number of aromatic amines is 1. The Morgan fingerprint density at radius 3 is 2.83 bits per heavy atom. The lowest BCUT2D eigenvalue weighted by Crippen LogP contribution is -2.41. The van der Waals surface area contributed by atoms with Gasteiger partial charge in [0.25, 0.3) is 0 Å².